The summed E-state index contributed by atoms with van der Waals surface area (Å²) in [4.78, 5) is 12.9. The molecule has 0 aromatic heterocycles. The van der Waals surface area contributed by atoms with Crippen LogP contribution in [0, 0.1) is 0 Å². The Balaban J connectivity index is 1.46. The standard InChI is InChI=1S/C25H25ClN2O7S/c1-32-18-4-6-20(7-5-18)34-14-13-27-25(29)24-16-28(22-15-17(26)3-12-23(22)35-24)36(30,31)21-10-8-19(33-2)9-11-21/h3-12,15,24H,13-14,16H2,1-2H3,(H,27,29)/t24-/m0/s1. The number of amides is 1. The van der Waals surface area contributed by atoms with E-state index in [1.54, 1.807) is 55.6 Å². The van der Waals surface area contributed by atoms with Crippen LogP contribution in [0.4, 0.5) is 5.69 Å². The van der Waals surface area contributed by atoms with E-state index in [2.05, 4.69) is 5.32 Å². The third-order valence-electron chi connectivity index (χ3n) is 5.46. The molecular weight excluding hydrogens is 508 g/mol. The lowest BCUT2D eigenvalue weighted by molar-refractivity contribution is -0.127. The zero-order valence-corrected chi connectivity index (χ0v) is 21.2. The third kappa shape index (κ3) is 5.60. The summed E-state index contributed by atoms with van der Waals surface area (Å²) >= 11 is 6.13. The van der Waals surface area contributed by atoms with Crippen molar-refractivity contribution in [3.05, 3.63) is 71.8 Å². The molecule has 0 fully saturated rings. The molecular formula is C25H25ClN2O7S. The zero-order valence-electron chi connectivity index (χ0n) is 19.6. The SMILES string of the molecule is COc1ccc(OCCNC(=O)[C@@H]2CN(S(=O)(=O)c3ccc(OC)cc3)c3cc(Cl)ccc3O2)cc1. The molecule has 0 bridgehead atoms. The normalized spacial score (nSPS) is 14.9. The molecule has 1 N–H and O–H groups in total. The Kier molecular flexibility index (Phi) is 7.76. The van der Waals surface area contributed by atoms with E-state index in [9.17, 15) is 13.2 Å². The number of anilines is 1. The molecule has 36 heavy (non-hydrogen) atoms. The average Bonchev–Trinajstić information content (AvgIpc) is 2.90. The minimum absolute atomic E-state index is 0.0446. The number of carbonyl (C=O) groups excluding carboxylic acids is 1. The van der Waals surface area contributed by atoms with Gasteiger partial charge in [-0.3, -0.25) is 9.10 Å². The van der Waals surface area contributed by atoms with Crippen molar-refractivity contribution in [2.45, 2.75) is 11.0 Å². The van der Waals surface area contributed by atoms with Crippen LogP contribution in [0.25, 0.3) is 0 Å². The van der Waals surface area contributed by atoms with Crippen LogP contribution in [-0.4, -0.2) is 54.3 Å². The summed E-state index contributed by atoms with van der Waals surface area (Å²) in [5.74, 6) is 1.62. The van der Waals surface area contributed by atoms with Crippen molar-refractivity contribution < 1.29 is 32.2 Å². The van der Waals surface area contributed by atoms with Gasteiger partial charge in [0, 0.05) is 5.02 Å². The van der Waals surface area contributed by atoms with Gasteiger partial charge >= 0.3 is 0 Å². The Morgan fingerprint density at radius 3 is 2.25 bits per heavy atom. The van der Waals surface area contributed by atoms with Gasteiger partial charge in [-0.2, -0.15) is 0 Å². The predicted molar refractivity (Wildman–Crippen MR) is 135 cm³/mol. The smallest absolute Gasteiger partial charge is 0.264 e. The van der Waals surface area contributed by atoms with Gasteiger partial charge in [0.15, 0.2) is 6.10 Å². The lowest BCUT2D eigenvalue weighted by Gasteiger charge is -2.34. The van der Waals surface area contributed by atoms with Crippen LogP contribution in [-0.2, 0) is 14.8 Å². The van der Waals surface area contributed by atoms with Gasteiger partial charge in [-0.25, -0.2) is 8.42 Å². The van der Waals surface area contributed by atoms with E-state index in [0.717, 1.165) is 4.31 Å². The minimum atomic E-state index is -4.03. The molecule has 9 nitrogen and oxygen atoms in total. The zero-order chi connectivity index (χ0) is 25.7. The number of fused-ring (bicyclic) bond motifs is 1. The number of nitrogens with zero attached hydrogens (tertiary/aromatic N) is 1. The Morgan fingerprint density at radius 2 is 1.61 bits per heavy atom. The molecule has 11 heteroatoms. The summed E-state index contributed by atoms with van der Waals surface area (Å²) in [5, 5.41) is 3.08. The number of hydrogen-bond donors (Lipinski definition) is 1. The topological polar surface area (TPSA) is 103 Å². The van der Waals surface area contributed by atoms with Crippen LogP contribution >= 0.6 is 11.6 Å². The number of benzene rings is 3. The molecule has 1 amide bonds. The van der Waals surface area contributed by atoms with Crippen molar-refractivity contribution >= 4 is 33.2 Å². The highest BCUT2D eigenvalue weighted by atomic mass is 35.5. The molecule has 1 atom stereocenters. The Hall–Kier alpha value is -3.63. The molecule has 0 aliphatic carbocycles. The maximum atomic E-state index is 13.5. The Labute approximate surface area is 214 Å². The number of nitrogens with one attached hydrogen (secondary N) is 1. The first kappa shape index (κ1) is 25.5. The monoisotopic (exact) mass is 532 g/mol. The number of methoxy groups -OCH3 is 2. The highest BCUT2D eigenvalue weighted by Gasteiger charge is 2.37. The van der Waals surface area contributed by atoms with E-state index in [-0.39, 0.29) is 36.0 Å². The van der Waals surface area contributed by atoms with Crippen LogP contribution in [0.1, 0.15) is 0 Å². The first-order chi connectivity index (χ1) is 17.3. The second kappa shape index (κ2) is 11.0. The molecule has 1 aliphatic heterocycles. The minimum Gasteiger partial charge on any atom is -0.497 e. The highest BCUT2D eigenvalue weighted by molar-refractivity contribution is 7.92. The number of sulfonamides is 1. The predicted octanol–water partition coefficient (Wildman–Crippen LogP) is 3.51. The quantitative estimate of drug-likeness (QED) is 0.421. The lowest BCUT2D eigenvalue weighted by atomic mass is 10.2. The first-order valence-corrected chi connectivity index (χ1v) is 12.8. The number of carbonyl (C=O) groups is 1. The molecule has 0 saturated heterocycles. The van der Waals surface area contributed by atoms with Crippen molar-refractivity contribution in [2.24, 2.45) is 0 Å². The molecule has 4 rings (SSSR count). The summed E-state index contributed by atoms with van der Waals surface area (Å²) in [6, 6.07) is 17.7. The largest absolute Gasteiger partial charge is 0.497 e. The van der Waals surface area contributed by atoms with Crippen molar-refractivity contribution in [3.63, 3.8) is 0 Å². The fourth-order valence-electron chi connectivity index (χ4n) is 3.59. The molecule has 0 saturated carbocycles. The molecule has 1 heterocycles. The van der Waals surface area contributed by atoms with Crippen LogP contribution in [0.5, 0.6) is 23.0 Å². The summed E-state index contributed by atoms with van der Waals surface area (Å²) in [7, 11) is -0.953. The van der Waals surface area contributed by atoms with Crippen molar-refractivity contribution in [1.29, 1.82) is 0 Å². The van der Waals surface area contributed by atoms with E-state index in [1.165, 1.54) is 25.3 Å². The van der Waals surface area contributed by atoms with E-state index in [1.807, 2.05) is 0 Å². The summed E-state index contributed by atoms with van der Waals surface area (Å²) in [6.07, 6.45) is -1.08. The van der Waals surface area contributed by atoms with Crippen LogP contribution in [0.2, 0.25) is 5.02 Å². The van der Waals surface area contributed by atoms with Gasteiger partial charge in [0.05, 0.1) is 37.9 Å². The molecule has 1 aliphatic rings. The van der Waals surface area contributed by atoms with E-state index in [4.69, 9.17) is 30.5 Å². The highest BCUT2D eigenvalue weighted by Crippen LogP contribution is 2.39. The fourth-order valence-corrected chi connectivity index (χ4v) is 5.23. The summed E-state index contributed by atoms with van der Waals surface area (Å²) in [6.45, 7) is 0.182. The van der Waals surface area contributed by atoms with Gasteiger partial charge in [0.25, 0.3) is 15.9 Å². The van der Waals surface area contributed by atoms with Crippen molar-refractivity contribution in [3.8, 4) is 23.0 Å². The third-order valence-corrected chi connectivity index (χ3v) is 7.49. The average molecular weight is 533 g/mol. The molecule has 0 spiro atoms. The van der Waals surface area contributed by atoms with Crippen LogP contribution < -0.4 is 28.6 Å². The van der Waals surface area contributed by atoms with Gasteiger partial charge in [-0.15, -0.1) is 0 Å². The van der Waals surface area contributed by atoms with Crippen LogP contribution in [0.15, 0.2) is 71.6 Å². The summed E-state index contributed by atoms with van der Waals surface area (Å²) in [5.41, 5.74) is 0.255. The molecule has 0 unspecified atom stereocenters. The Morgan fingerprint density at radius 1 is 1.00 bits per heavy atom. The number of rotatable bonds is 9. The molecule has 3 aromatic carbocycles. The van der Waals surface area contributed by atoms with Gasteiger partial charge in [-0.05, 0) is 66.7 Å². The van der Waals surface area contributed by atoms with Crippen LogP contribution in [0.3, 0.4) is 0 Å². The van der Waals surface area contributed by atoms with Crippen molar-refractivity contribution in [1.82, 2.24) is 5.32 Å². The first-order valence-electron chi connectivity index (χ1n) is 11.0. The van der Waals surface area contributed by atoms with Gasteiger partial charge in [0.2, 0.25) is 0 Å². The maximum absolute atomic E-state index is 13.5. The molecule has 0 radical (unpaired) electrons. The second-order valence-corrected chi connectivity index (χ2v) is 10.0. The number of hydrogen-bond acceptors (Lipinski definition) is 7. The van der Waals surface area contributed by atoms with E-state index < -0.39 is 22.0 Å². The Bertz CT molecular complexity index is 1320. The van der Waals surface area contributed by atoms with Gasteiger partial charge in [-0.1, -0.05) is 11.6 Å². The molecule has 190 valence electrons. The van der Waals surface area contributed by atoms with Gasteiger partial charge in [0.1, 0.15) is 29.6 Å². The van der Waals surface area contributed by atoms with Gasteiger partial charge < -0.3 is 24.3 Å². The number of halogens is 1. The fraction of sp³-hybridized carbons (Fsp3) is 0.240. The molecule has 3 aromatic rings. The maximum Gasteiger partial charge on any atom is 0.264 e. The van der Waals surface area contributed by atoms with E-state index in [0.29, 0.717) is 22.3 Å². The lowest BCUT2D eigenvalue weighted by Crippen LogP contribution is -2.51. The van der Waals surface area contributed by atoms with Crippen molar-refractivity contribution in [2.75, 3.05) is 38.2 Å². The number of ether oxygens (including phenoxy) is 4. The second-order valence-electron chi connectivity index (χ2n) is 7.75. The summed E-state index contributed by atoms with van der Waals surface area (Å²) < 4.78 is 49.9. The van der Waals surface area contributed by atoms with E-state index >= 15 is 0 Å².